The first-order valence-electron chi connectivity index (χ1n) is 36.5. The number of amides is 2. The van der Waals surface area contributed by atoms with Crippen molar-refractivity contribution < 1.29 is 90.8 Å². The van der Waals surface area contributed by atoms with Gasteiger partial charge in [0.05, 0.1) is 99.6 Å². The van der Waals surface area contributed by atoms with Crippen LogP contribution in [-0.2, 0) is 65.8 Å². The summed E-state index contributed by atoms with van der Waals surface area (Å²) >= 11 is 0. The summed E-state index contributed by atoms with van der Waals surface area (Å²) in [5.41, 5.74) is 46.8. The van der Waals surface area contributed by atoms with Crippen molar-refractivity contribution in [2.45, 2.75) is 123 Å². The molecular formula is C71H99N24O19P3. The van der Waals surface area contributed by atoms with Crippen LogP contribution in [0.25, 0.3) is 33.5 Å². The van der Waals surface area contributed by atoms with Gasteiger partial charge in [-0.15, -0.1) is 0 Å². The number of hydrogen-bond acceptors (Lipinski definition) is 35. The number of carbonyl (C=O) groups is 6. The van der Waals surface area contributed by atoms with Crippen LogP contribution in [0.1, 0.15) is 134 Å². The Kier molecular flexibility index (Phi) is 36.2. The number of carboxylic acid groups (broad SMARTS) is 4. The van der Waals surface area contributed by atoms with Crippen LogP contribution in [0.15, 0.2) is 91.4 Å². The molecule has 0 saturated carbocycles. The van der Waals surface area contributed by atoms with Gasteiger partial charge >= 0.3 is 46.7 Å². The second-order valence-corrected chi connectivity index (χ2v) is 32.1. The van der Waals surface area contributed by atoms with Crippen LogP contribution in [0.4, 0.5) is 52.4 Å². The molecule has 3 atom stereocenters. The molecule has 9 aromatic rings. The van der Waals surface area contributed by atoms with E-state index < -0.39 is 76.6 Å². The molecule has 0 saturated heterocycles. The van der Waals surface area contributed by atoms with Crippen molar-refractivity contribution in [3.8, 4) is 0 Å². The van der Waals surface area contributed by atoms with Crippen molar-refractivity contribution in [2.75, 3.05) is 115 Å². The van der Waals surface area contributed by atoms with Gasteiger partial charge < -0.3 is 114 Å². The van der Waals surface area contributed by atoms with Crippen LogP contribution >= 0.6 is 22.8 Å². The average Bonchev–Trinajstić information content (AvgIpc) is 0.814. The Morgan fingerprint density at radius 1 is 0.410 bits per heavy atom. The number of carboxylic acids is 4. The molecule has 0 aliphatic heterocycles. The normalized spacial score (nSPS) is 12.2. The smallest absolute Gasteiger partial charge is 0.335 e. The number of carbonyl (C=O) groups excluding carboxylic acids is 2. The van der Waals surface area contributed by atoms with Crippen LogP contribution in [0.2, 0.25) is 0 Å². The summed E-state index contributed by atoms with van der Waals surface area (Å²) in [5.74, 6) is -4.87. The van der Waals surface area contributed by atoms with E-state index in [1.165, 1.54) is 0 Å². The average molecular weight is 1690 g/mol. The zero-order valence-electron chi connectivity index (χ0n) is 65.4. The summed E-state index contributed by atoms with van der Waals surface area (Å²) < 4.78 is 56.2. The molecule has 6 heterocycles. The van der Waals surface area contributed by atoms with E-state index in [2.05, 4.69) is 70.4 Å². The van der Waals surface area contributed by atoms with Crippen molar-refractivity contribution in [1.82, 2.24) is 70.4 Å². The highest BCUT2D eigenvalue weighted by molar-refractivity contribution is 7.54. The Balaban J connectivity index is 0.000000253. The number of nitrogens with one attached hydrogen (secondary N) is 2. The lowest BCUT2D eigenvalue weighted by Crippen LogP contribution is -2.40. The predicted molar refractivity (Wildman–Crippen MR) is 438 cm³/mol. The number of nitrogen functional groups attached to an aromatic ring is 6. The van der Waals surface area contributed by atoms with Crippen LogP contribution in [0, 0.1) is 0 Å². The van der Waals surface area contributed by atoms with E-state index in [-0.39, 0.29) is 97.6 Å². The summed E-state index contributed by atoms with van der Waals surface area (Å²) in [7, 11) is -4.78. The molecule has 632 valence electrons. The molecule has 0 aliphatic carbocycles. The van der Waals surface area contributed by atoms with Crippen LogP contribution in [0.3, 0.4) is 0 Å². The first kappa shape index (κ1) is 94.2. The molecule has 3 aromatic carbocycles. The summed E-state index contributed by atoms with van der Waals surface area (Å²) in [6, 6.07) is 16.7. The van der Waals surface area contributed by atoms with Gasteiger partial charge in [0.15, 0.2) is 50.9 Å². The fraction of sp³-hybridized carbons (Fsp3) is 0.408. The second kappa shape index (κ2) is 45.0. The maximum atomic E-state index is 12.8. The molecule has 46 heteroatoms. The molecule has 0 unspecified atom stereocenters. The molecule has 43 nitrogen and oxygen atoms in total. The number of anilines is 9. The fourth-order valence-electron chi connectivity index (χ4n) is 11.0. The van der Waals surface area contributed by atoms with Crippen LogP contribution in [-0.4, -0.2) is 210 Å². The van der Waals surface area contributed by atoms with Crippen molar-refractivity contribution in [2.24, 2.45) is 5.73 Å². The monoisotopic (exact) mass is 1680 g/mol. The number of aromatic carboxylic acids is 1. The highest BCUT2D eigenvalue weighted by Crippen LogP contribution is 2.50. The Morgan fingerprint density at radius 2 is 0.701 bits per heavy atom. The molecule has 9 rings (SSSR count). The van der Waals surface area contributed by atoms with E-state index in [1.54, 1.807) is 119 Å². The van der Waals surface area contributed by atoms with Gasteiger partial charge in [-0.05, 0) is 139 Å². The number of nitrogens with two attached hydrogens (primary N) is 7. The van der Waals surface area contributed by atoms with E-state index in [4.69, 9.17) is 78.2 Å². The molecule has 0 bridgehead atoms. The molecular weight excluding hydrogens is 1590 g/mol. The summed E-state index contributed by atoms with van der Waals surface area (Å²) in [6.45, 7) is 9.39. The van der Waals surface area contributed by atoms with Crippen LogP contribution in [0.5, 0.6) is 0 Å². The lowest BCUT2D eigenvalue weighted by atomic mass is 10.1. The van der Waals surface area contributed by atoms with E-state index in [1.807, 2.05) is 35.8 Å². The predicted octanol–water partition coefficient (Wildman–Crippen LogP) is 6.35. The number of unbranched alkanes of at least 4 members (excludes halogenated alkanes) is 3. The van der Waals surface area contributed by atoms with Gasteiger partial charge in [0.2, 0.25) is 17.8 Å². The Hall–Kier alpha value is -11.7. The maximum absolute atomic E-state index is 12.8. The number of nitrogens with zero attached hydrogens (tertiary/aromatic N) is 15. The number of aliphatic carboxylic acids is 3. The zero-order valence-corrected chi connectivity index (χ0v) is 68.1. The number of hydrogen-bond donors (Lipinski definition) is 15. The quantitative estimate of drug-likeness (QED) is 0.0147. The highest BCUT2D eigenvalue weighted by atomic mass is 31.2. The van der Waals surface area contributed by atoms with Gasteiger partial charge in [-0.25, -0.2) is 44.3 Å². The van der Waals surface area contributed by atoms with Gasteiger partial charge in [0.1, 0.15) is 18.1 Å². The molecule has 0 fully saturated rings. The molecule has 0 aliphatic rings. The van der Waals surface area contributed by atoms with Crippen molar-refractivity contribution in [3.05, 3.63) is 125 Å². The molecule has 2 amide bonds. The molecule has 0 spiro atoms. The van der Waals surface area contributed by atoms with Crippen molar-refractivity contribution in [3.63, 3.8) is 0 Å². The van der Waals surface area contributed by atoms with Crippen LogP contribution < -0.4 is 65.5 Å². The highest BCUT2D eigenvalue weighted by Gasteiger charge is 2.28. The summed E-state index contributed by atoms with van der Waals surface area (Å²) in [6.07, 6.45) is 7.92. The maximum Gasteiger partial charge on any atom is 0.335 e. The lowest BCUT2D eigenvalue weighted by molar-refractivity contribution is -0.140. The minimum absolute atomic E-state index is 0.0119. The third-order valence-electron chi connectivity index (χ3n) is 16.8. The molecule has 22 N–H and O–H groups in total. The van der Waals surface area contributed by atoms with Gasteiger partial charge in [-0.3, -0.25) is 28.1 Å². The molecule has 6 aromatic heterocycles. The van der Waals surface area contributed by atoms with E-state index >= 15 is 0 Å². The van der Waals surface area contributed by atoms with Crippen molar-refractivity contribution >= 4 is 144 Å². The largest absolute Gasteiger partial charge is 0.480 e. The minimum Gasteiger partial charge on any atom is -0.480 e. The second-order valence-electron chi connectivity index (χ2n) is 25.9. The minimum atomic E-state index is -4.14. The van der Waals surface area contributed by atoms with E-state index in [9.17, 15) is 52.7 Å². The van der Waals surface area contributed by atoms with Crippen molar-refractivity contribution in [1.29, 1.82) is 0 Å². The number of fused-ring (bicyclic) bond motifs is 3. The third kappa shape index (κ3) is 30.5. The topological polar surface area (TPSA) is 683 Å². The molecule has 0 radical (unpaired) electrons. The Labute approximate surface area is 672 Å². The Morgan fingerprint density at radius 3 is 0.974 bits per heavy atom. The summed E-state index contributed by atoms with van der Waals surface area (Å²) in [4.78, 5) is 143. The fourth-order valence-corrected chi connectivity index (χ4v) is 15.1. The number of rotatable bonds is 40. The SMILES string of the molecule is CCOP(=O)(CCCC[C@H](N)C(=O)O)OCC.CCOP(=O)(CCCC[C@H](NC(=O)c1ccc(N(C)Cc2cnc3nc(N)nc(N)c3n2)cc1)C(=O)O)OCC.CN(Cc1cnc2nc(N)nc(N)c2n1)c1ccc(C(=O)N[C@@H](CCCCP(=O)(O)O)C(=O)O)cc1.CN(Cc1cnc2nc(N)nc(N)c2n1)c1ccc(C(=O)O)cc1. The third-order valence-corrected chi connectivity index (χ3v) is 22.0. The summed E-state index contributed by atoms with van der Waals surface area (Å²) in [5, 5.41) is 41.5. The first-order valence-corrected chi connectivity index (χ1v) is 41.8. The van der Waals surface area contributed by atoms with E-state index in [0.717, 1.165) is 17.1 Å². The van der Waals surface area contributed by atoms with Gasteiger partial charge in [0, 0.05) is 55.5 Å². The standard InChI is InChI=1S/C25H35N8O6P.C21H27N8O6P.C15H15N7O2.C10H22NO5P/c1-4-38-40(37,39-5-2)13-7-6-8-19(24(35)36)30-23(34)16-9-11-18(12-10-16)33(3)15-17-14-28-22-20(29-17)21(26)31-25(27)32-22;1-29(11-13-10-24-18-16(25-13)17(22)27-21(23)28-18)14-7-5-12(6-8-14)19(30)26-15(20(31)32)4-2-3-9-36(33,34)35;1-22(10-4-2-8(3-5-10)14(23)24)7-9-6-18-13-11(19-9)12(16)20-15(17)21-13;1-3-15-17(14,16-4-2)8-6-5-7-9(11)10(12)13/h9-12,14,19H,4-8,13,15H2,1-3H3,(H,30,34)(H,35,36)(H4,26,27,28,31,32);5-8,10,15H,2-4,9,11H2,1H3,(H,26,30)(H,31,32)(H2,33,34,35)(H4,22,23,24,27,28);2-6H,7H2,1H3,(H,23,24)(H4,16,17,18,20,21);9H,3-8,11H2,1-2H3,(H,12,13)/t19-;15-;;9-/m00.0/s1. The van der Waals surface area contributed by atoms with Gasteiger partial charge in [-0.2, -0.15) is 29.9 Å². The zero-order chi connectivity index (χ0) is 86.3. The molecule has 117 heavy (non-hydrogen) atoms. The number of benzene rings is 3. The lowest BCUT2D eigenvalue weighted by Gasteiger charge is -2.20. The Bertz CT molecular complexity index is 4990. The first-order chi connectivity index (χ1) is 55.4. The van der Waals surface area contributed by atoms with E-state index in [0.29, 0.717) is 127 Å². The van der Waals surface area contributed by atoms with Gasteiger partial charge in [-0.1, -0.05) is 19.3 Å². The van der Waals surface area contributed by atoms with Gasteiger partial charge in [0.25, 0.3) is 11.8 Å². The number of aromatic nitrogens is 12.